The Kier molecular flexibility index (Phi) is 7.93. The maximum absolute atomic E-state index is 13.5. The van der Waals surface area contributed by atoms with E-state index in [2.05, 4.69) is 15.5 Å². The first-order valence-electron chi connectivity index (χ1n) is 10.9. The van der Waals surface area contributed by atoms with Crippen LogP contribution in [0.2, 0.25) is 5.15 Å². The highest BCUT2D eigenvalue weighted by Crippen LogP contribution is 2.26. The molecule has 0 saturated heterocycles. The first-order chi connectivity index (χ1) is 17.3. The molecule has 0 fully saturated rings. The number of carbonyl (C=O) groups is 1. The van der Waals surface area contributed by atoms with Gasteiger partial charge in [0.15, 0.2) is 0 Å². The Balaban J connectivity index is 1.56. The summed E-state index contributed by atoms with van der Waals surface area (Å²) in [6.45, 7) is 1.44. The molecule has 0 aliphatic rings. The van der Waals surface area contributed by atoms with Gasteiger partial charge < -0.3 is 0 Å². The largest absolute Gasteiger partial charge is 0.271 e. The molecule has 1 amide bonds. The molecular weight excluding hydrogens is 516 g/mol. The predicted molar refractivity (Wildman–Crippen MR) is 146 cm³/mol. The van der Waals surface area contributed by atoms with Crippen LogP contribution in [0, 0.1) is 6.92 Å². The molecule has 1 aromatic heterocycles. The summed E-state index contributed by atoms with van der Waals surface area (Å²) in [6.07, 6.45) is 3.29. The summed E-state index contributed by atoms with van der Waals surface area (Å²) in [5, 5.41) is 5.09. The van der Waals surface area contributed by atoms with Gasteiger partial charge in [-0.2, -0.15) is 5.10 Å². The second-order valence-electron chi connectivity index (χ2n) is 7.88. The van der Waals surface area contributed by atoms with Crippen molar-refractivity contribution in [2.45, 2.75) is 16.7 Å². The Morgan fingerprint density at radius 3 is 2.47 bits per heavy atom. The van der Waals surface area contributed by atoms with Gasteiger partial charge in [0.2, 0.25) is 0 Å². The summed E-state index contributed by atoms with van der Waals surface area (Å²) in [5.41, 5.74) is 5.00. The number of nitrogens with zero attached hydrogens (tertiary/aromatic N) is 3. The Labute approximate surface area is 219 Å². The van der Waals surface area contributed by atoms with E-state index in [0.29, 0.717) is 11.3 Å². The third kappa shape index (κ3) is 5.87. The minimum absolute atomic E-state index is 0.0891. The molecule has 10 heteroatoms. The van der Waals surface area contributed by atoms with Crippen molar-refractivity contribution in [3.8, 4) is 0 Å². The number of nitrogens with one attached hydrogen (secondary N) is 1. The molecule has 7 nitrogen and oxygen atoms in total. The average molecular weight is 539 g/mol. The summed E-state index contributed by atoms with van der Waals surface area (Å²) < 4.78 is 28.0. The number of rotatable bonds is 8. The molecule has 0 radical (unpaired) electrons. The first-order valence-corrected chi connectivity index (χ1v) is 13.9. The van der Waals surface area contributed by atoms with Crippen molar-refractivity contribution >= 4 is 62.1 Å². The number of sulfonamides is 1. The number of para-hydroxylation sites is 1. The second-order valence-corrected chi connectivity index (χ2v) is 11.0. The van der Waals surface area contributed by atoms with Crippen molar-refractivity contribution in [2.24, 2.45) is 5.10 Å². The molecule has 184 valence electrons. The molecular formula is C26H23ClN4O3S2. The number of benzene rings is 3. The van der Waals surface area contributed by atoms with Crippen LogP contribution in [0.15, 0.2) is 93.8 Å². The van der Waals surface area contributed by atoms with E-state index < -0.39 is 22.5 Å². The monoisotopic (exact) mass is 538 g/mol. The van der Waals surface area contributed by atoms with Gasteiger partial charge in [0.05, 0.1) is 22.3 Å². The molecule has 0 aliphatic carbocycles. The third-order valence-corrected chi connectivity index (χ3v) is 8.19. The molecule has 1 heterocycles. The fourth-order valence-electron chi connectivity index (χ4n) is 3.44. The number of halogens is 1. The van der Waals surface area contributed by atoms with Crippen molar-refractivity contribution in [1.82, 2.24) is 10.4 Å². The lowest BCUT2D eigenvalue weighted by Crippen LogP contribution is -2.39. The van der Waals surface area contributed by atoms with Crippen molar-refractivity contribution in [3.63, 3.8) is 0 Å². The first kappa shape index (κ1) is 25.7. The zero-order chi connectivity index (χ0) is 25.7. The van der Waals surface area contributed by atoms with Crippen molar-refractivity contribution in [2.75, 3.05) is 17.1 Å². The Morgan fingerprint density at radius 1 is 1.08 bits per heavy atom. The number of aryl methyl sites for hydroxylation is 1. The van der Waals surface area contributed by atoms with E-state index in [4.69, 9.17) is 11.6 Å². The standard InChI is InChI=1S/C26H23ClN4O3S2/c1-18-7-9-21(10-8-18)31(36(33,34)23-13-11-22(35-2)12-14-23)17-25(32)30-28-16-20-15-19-5-3-4-6-24(19)29-26(20)27/h3-16H,17H2,1-2H3,(H,30,32). The number of hydrogen-bond acceptors (Lipinski definition) is 6. The average Bonchev–Trinajstić information content (AvgIpc) is 2.88. The fraction of sp³-hybridized carbons (Fsp3) is 0.115. The Morgan fingerprint density at radius 2 is 1.78 bits per heavy atom. The summed E-state index contributed by atoms with van der Waals surface area (Å²) in [4.78, 5) is 18.1. The minimum atomic E-state index is -4.01. The normalized spacial score (nSPS) is 11.6. The number of carbonyl (C=O) groups excluding carboxylic acids is 1. The highest BCUT2D eigenvalue weighted by atomic mass is 35.5. The van der Waals surface area contributed by atoms with Gasteiger partial charge in [0.1, 0.15) is 11.7 Å². The molecule has 0 saturated carbocycles. The molecule has 4 rings (SSSR count). The number of amides is 1. The van der Waals surface area contributed by atoms with E-state index in [-0.39, 0.29) is 10.0 Å². The van der Waals surface area contributed by atoms with E-state index in [9.17, 15) is 13.2 Å². The second kappa shape index (κ2) is 11.1. The maximum atomic E-state index is 13.5. The zero-order valence-electron chi connectivity index (χ0n) is 19.6. The van der Waals surface area contributed by atoms with E-state index in [0.717, 1.165) is 25.7 Å². The number of hydrogen-bond donors (Lipinski definition) is 1. The van der Waals surface area contributed by atoms with Gasteiger partial charge in [-0.05, 0) is 61.7 Å². The van der Waals surface area contributed by atoms with Gasteiger partial charge in [-0.1, -0.05) is 47.5 Å². The number of thioether (sulfide) groups is 1. The van der Waals surface area contributed by atoms with Gasteiger partial charge in [-0.3, -0.25) is 9.10 Å². The minimum Gasteiger partial charge on any atom is -0.271 e. The molecule has 0 spiro atoms. The molecule has 0 aliphatic heterocycles. The van der Waals surface area contributed by atoms with Crippen molar-refractivity contribution in [1.29, 1.82) is 0 Å². The number of pyridine rings is 1. The molecule has 36 heavy (non-hydrogen) atoms. The van der Waals surface area contributed by atoms with Gasteiger partial charge in [0, 0.05) is 15.8 Å². The maximum Gasteiger partial charge on any atom is 0.264 e. The molecule has 0 bridgehead atoms. The number of hydrazone groups is 1. The van der Waals surface area contributed by atoms with E-state index in [1.807, 2.05) is 43.5 Å². The summed E-state index contributed by atoms with van der Waals surface area (Å²) >= 11 is 7.75. The van der Waals surface area contributed by atoms with E-state index >= 15 is 0 Å². The van der Waals surface area contributed by atoms with E-state index in [1.165, 1.54) is 30.1 Å². The molecule has 4 aromatic rings. The summed E-state index contributed by atoms with van der Waals surface area (Å²) in [7, 11) is -4.01. The van der Waals surface area contributed by atoms with Gasteiger partial charge in [0.25, 0.3) is 15.9 Å². The molecule has 1 N–H and O–H groups in total. The predicted octanol–water partition coefficient (Wildman–Crippen LogP) is 5.26. The SMILES string of the molecule is CSc1ccc(S(=O)(=O)N(CC(=O)NN=Cc2cc3ccccc3nc2Cl)c2ccc(C)cc2)cc1. The lowest BCUT2D eigenvalue weighted by atomic mass is 10.2. The Bertz CT molecular complexity index is 1520. The quantitative estimate of drug-likeness (QED) is 0.143. The van der Waals surface area contributed by atoms with Crippen LogP contribution >= 0.6 is 23.4 Å². The van der Waals surface area contributed by atoms with E-state index in [1.54, 1.807) is 36.4 Å². The van der Waals surface area contributed by atoms with Crippen LogP contribution in [0.1, 0.15) is 11.1 Å². The third-order valence-electron chi connectivity index (χ3n) is 5.35. The van der Waals surface area contributed by atoms with Crippen LogP contribution in [-0.4, -0.2) is 38.3 Å². The molecule has 3 aromatic carbocycles. The van der Waals surface area contributed by atoms with Crippen LogP contribution in [0.25, 0.3) is 10.9 Å². The highest BCUT2D eigenvalue weighted by Gasteiger charge is 2.27. The van der Waals surface area contributed by atoms with Gasteiger partial charge in [-0.15, -0.1) is 11.8 Å². The van der Waals surface area contributed by atoms with Crippen LogP contribution in [0.5, 0.6) is 0 Å². The number of fused-ring (bicyclic) bond motifs is 1. The molecule has 0 atom stereocenters. The van der Waals surface area contributed by atoms with Crippen molar-refractivity contribution in [3.05, 3.63) is 95.1 Å². The molecule has 0 unspecified atom stereocenters. The van der Waals surface area contributed by atoms with Gasteiger partial charge >= 0.3 is 0 Å². The van der Waals surface area contributed by atoms with Gasteiger partial charge in [-0.25, -0.2) is 18.8 Å². The fourth-order valence-corrected chi connectivity index (χ4v) is 5.46. The van der Waals surface area contributed by atoms with Crippen LogP contribution in [0.4, 0.5) is 5.69 Å². The smallest absolute Gasteiger partial charge is 0.264 e. The van der Waals surface area contributed by atoms with Crippen LogP contribution < -0.4 is 9.73 Å². The van der Waals surface area contributed by atoms with Crippen molar-refractivity contribution < 1.29 is 13.2 Å². The van der Waals surface area contributed by atoms with Crippen LogP contribution in [-0.2, 0) is 14.8 Å². The number of aromatic nitrogens is 1. The summed E-state index contributed by atoms with van der Waals surface area (Å²) in [6, 6.07) is 22.7. The van der Waals surface area contributed by atoms with Crippen LogP contribution in [0.3, 0.4) is 0 Å². The highest BCUT2D eigenvalue weighted by molar-refractivity contribution is 7.98. The Hall–Kier alpha value is -3.40. The lowest BCUT2D eigenvalue weighted by molar-refractivity contribution is -0.119. The summed E-state index contributed by atoms with van der Waals surface area (Å²) in [5.74, 6) is -0.610. The topological polar surface area (TPSA) is 91.7 Å². The number of anilines is 1. The zero-order valence-corrected chi connectivity index (χ0v) is 21.9. The lowest BCUT2D eigenvalue weighted by Gasteiger charge is -2.24.